The van der Waals surface area contributed by atoms with Crippen LogP contribution in [0, 0.1) is 5.92 Å². The number of nitrogens with one attached hydrogen (secondary N) is 1. The molecule has 0 spiro atoms. The molecular formula is C22H26ClN5O2S. The van der Waals surface area contributed by atoms with Gasteiger partial charge in [-0.25, -0.2) is 0 Å². The summed E-state index contributed by atoms with van der Waals surface area (Å²) < 4.78 is 7.62. The average Bonchev–Trinajstić information content (AvgIpc) is 3.40. The number of halogens is 1. The van der Waals surface area contributed by atoms with Gasteiger partial charge in [0.2, 0.25) is 11.9 Å². The zero-order valence-corrected chi connectivity index (χ0v) is 19.2. The summed E-state index contributed by atoms with van der Waals surface area (Å²) in [7, 11) is 0. The molecule has 0 saturated carbocycles. The minimum absolute atomic E-state index is 0.104. The molecule has 1 N–H and O–H groups in total. The zero-order valence-electron chi connectivity index (χ0n) is 17.6. The highest BCUT2D eigenvalue weighted by molar-refractivity contribution is 8.00. The molecule has 2 aromatic heterocycles. The summed E-state index contributed by atoms with van der Waals surface area (Å²) in [6.45, 7) is 6.56. The first-order valence-corrected chi connectivity index (χ1v) is 11.7. The Labute approximate surface area is 191 Å². The normalized spacial score (nSPS) is 17.5. The fourth-order valence-electron chi connectivity index (χ4n) is 3.66. The molecule has 1 saturated heterocycles. The van der Waals surface area contributed by atoms with Crippen molar-refractivity contribution >= 4 is 40.9 Å². The predicted molar refractivity (Wildman–Crippen MR) is 124 cm³/mol. The number of anilines is 2. The van der Waals surface area contributed by atoms with Gasteiger partial charge in [0.1, 0.15) is 5.76 Å². The highest BCUT2D eigenvalue weighted by Crippen LogP contribution is 2.29. The van der Waals surface area contributed by atoms with Crippen LogP contribution in [0.4, 0.5) is 11.6 Å². The summed E-state index contributed by atoms with van der Waals surface area (Å²) in [6.07, 6.45) is 4.03. The lowest BCUT2D eigenvalue weighted by Crippen LogP contribution is -2.36. The van der Waals surface area contributed by atoms with Crippen LogP contribution < -0.4 is 10.2 Å². The predicted octanol–water partition coefficient (Wildman–Crippen LogP) is 4.93. The molecule has 0 aliphatic carbocycles. The number of carbonyl (C=O) groups is 1. The molecule has 3 heterocycles. The van der Waals surface area contributed by atoms with Crippen LogP contribution in [0.1, 0.15) is 32.4 Å². The Balaban J connectivity index is 1.52. The summed E-state index contributed by atoms with van der Waals surface area (Å²) in [4.78, 5) is 15.0. The molecule has 2 atom stereocenters. The molecule has 1 aliphatic rings. The molecule has 0 unspecified atom stereocenters. The van der Waals surface area contributed by atoms with Gasteiger partial charge in [-0.15, -0.1) is 10.2 Å². The number of hydrogen-bond acceptors (Lipinski definition) is 6. The van der Waals surface area contributed by atoms with Crippen LogP contribution in [-0.2, 0) is 11.3 Å². The van der Waals surface area contributed by atoms with Gasteiger partial charge < -0.3 is 14.6 Å². The second kappa shape index (κ2) is 9.78. The van der Waals surface area contributed by atoms with E-state index >= 15 is 0 Å². The van der Waals surface area contributed by atoms with E-state index in [1.807, 2.05) is 23.6 Å². The molecule has 1 aromatic carbocycles. The fourth-order valence-corrected chi connectivity index (χ4v) is 4.63. The van der Waals surface area contributed by atoms with E-state index in [4.69, 9.17) is 16.0 Å². The Morgan fingerprint density at radius 1 is 1.32 bits per heavy atom. The van der Waals surface area contributed by atoms with E-state index in [0.717, 1.165) is 31.2 Å². The molecule has 9 heteroatoms. The summed E-state index contributed by atoms with van der Waals surface area (Å²) in [6, 6.07) is 10.9. The lowest BCUT2D eigenvalue weighted by Gasteiger charge is -2.31. The van der Waals surface area contributed by atoms with Crippen LogP contribution in [0.15, 0.2) is 52.2 Å². The van der Waals surface area contributed by atoms with E-state index in [1.54, 1.807) is 30.5 Å². The summed E-state index contributed by atoms with van der Waals surface area (Å²) >= 11 is 7.31. The standard InChI is InChI=1S/C22H26ClN5O2S/c1-15-5-3-11-27(13-15)21-25-26-22(28(21)14-19-6-4-12-30-19)31-16(2)20(29)24-18-9-7-17(23)8-10-18/h4,6-10,12,15-16H,3,5,11,13-14H2,1-2H3,(H,24,29)/t15-,16+/m0/s1. The van der Waals surface area contributed by atoms with Gasteiger partial charge in [-0.05, 0) is 62.1 Å². The van der Waals surface area contributed by atoms with E-state index in [9.17, 15) is 4.79 Å². The van der Waals surface area contributed by atoms with Crippen LogP contribution in [0.5, 0.6) is 0 Å². The number of benzene rings is 1. The van der Waals surface area contributed by atoms with Crippen LogP contribution >= 0.6 is 23.4 Å². The Morgan fingerprint density at radius 2 is 2.13 bits per heavy atom. The second-order valence-corrected chi connectivity index (χ2v) is 9.64. The number of amides is 1. The monoisotopic (exact) mass is 459 g/mol. The molecule has 3 aromatic rings. The molecule has 164 valence electrons. The van der Waals surface area contributed by atoms with Gasteiger partial charge in [0.15, 0.2) is 5.16 Å². The average molecular weight is 460 g/mol. The minimum atomic E-state index is -0.358. The van der Waals surface area contributed by atoms with Gasteiger partial charge in [0.05, 0.1) is 18.1 Å². The van der Waals surface area contributed by atoms with Gasteiger partial charge in [0, 0.05) is 23.8 Å². The maximum Gasteiger partial charge on any atom is 0.237 e. The van der Waals surface area contributed by atoms with E-state index in [-0.39, 0.29) is 11.2 Å². The van der Waals surface area contributed by atoms with E-state index in [2.05, 4.69) is 27.3 Å². The van der Waals surface area contributed by atoms with E-state index in [1.165, 1.54) is 18.2 Å². The van der Waals surface area contributed by atoms with Gasteiger partial charge in [-0.1, -0.05) is 30.3 Å². The second-order valence-electron chi connectivity index (χ2n) is 7.90. The molecule has 1 amide bonds. The summed E-state index contributed by atoms with van der Waals surface area (Å²) in [5.41, 5.74) is 0.710. The first kappa shape index (κ1) is 21.8. The molecule has 1 fully saturated rings. The number of rotatable bonds is 7. The van der Waals surface area contributed by atoms with Crippen LogP contribution in [0.2, 0.25) is 5.02 Å². The first-order valence-electron chi connectivity index (χ1n) is 10.4. The van der Waals surface area contributed by atoms with Gasteiger partial charge >= 0.3 is 0 Å². The zero-order chi connectivity index (χ0) is 21.8. The number of aromatic nitrogens is 3. The molecule has 31 heavy (non-hydrogen) atoms. The molecule has 0 radical (unpaired) electrons. The van der Waals surface area contributed by atoms with Gasteiger partial charge in [-0.3, -0.25) is 9.36 Å². The minimum Gasteiger partial charge on any atom is -0.467 e. The molecule has 0 bridgehead atoms. The SMILES string of the molecule is C[C@H]1CCCN(c2nnc(S[C@H](C)C(=O)Nc3ccc(Cl)cc3)n2Cc2ccco2)C1. The Hall–Kier alpha value is -2.45. The van der Waals surface area contributed by atoms with Crippen molar-refractivity contribution in [3.8, 4) is 0 Å². The number of hydrogen-bond donors (Lipinski definition) is 1. The van der Waals surface area contributed by atoms with Gasteiger partial charge in [-0.2, -0.15) is 0 Å². The highest BCUT2D eigenvalue weighted by Gasteiger charge is 2.26. The van der Waals surface area contributed by atoms with E-state index in [0.29, 0.717) is 28.3 Å². The van der Waals surface area contributed by atoms with Crippen molar-refractivity contribution in [3.05, 3.63) is 53.4 Å². The number of thioether (sulfide) groups is 1. The fraction of sp³-hybridized carbons (Fsp3) is 0.409. The Kier molecular flexibility index (Phi) is 6.87. The maximum absolute atomic E-state index is 12.7. The molecular weight excluding hydrogens is 434 g/mol. The lowest BCUT2D eigenvalue weighted by molar-refractivity contribution is -0.115. The molecule has 7 nitrogen and oxygen atoms in total. The topological polar surface area (TPSA) is 76.2 Å². The number of piperidine rings is 1. The van der Waals surface area contributed by atoms with Crippen molar-refractivity contribution in [2.45, 2.75) is 43.6 Å². The number of furan rings is 1. The Morgan fingerprint density at radius 3 is 2.84 bits per heavy atom. The third-order valence-electron chi connectivity index (χ3n) is 5.29. The number of nitrogens with zero attached hydrogens (tertiary/aromatic N) is 4. The van der Waals surface area contributed by atoms with E-state index < -0.39 is 0 Å². The van der Waals surface area contributed by atoms with Crippen LogP contribution in [0.3, 0.4) is 0 Å². The molecule has 1 aliphatic heterocycles. The van der Waals surface area contributed by atoms with Crippen LogP contribution in [0.25, 0.3) is 0 Å². The van der Waals surface area contributed by atoms with Crippen molar-refractivity contribution in [2.75, 3.05) is 23.3 Å². The third kappa shape index (κ3) is 5.43. The summed E-state index contributed by atoms with van der Waals surface area (Å²) in [5, 5.41) is 12.8. The third-order valence-corrected chi connectivity index (χ3v) is 6.63. The number of carbonyl (C=O) groups excluding carboxylic acids is 1. The van der Waals surface area contributed by atoms with Gasteiger partial charge in [0.25, 0.3) is 0 Å². The van der Waals surface area contributed by atoms with Crippen LogP contribution in [-0.4, -0.2) is 39.0 Å². The quantitative estimate of drug-likeness (QED) is 0.505. The highest BCUT2D eigenvalue weighted by atomic mass is 35.5. The lowest BCUT2D eigenvalue weighted by atomic mass is 10.0. The smallest absolute Gasteiger partial charge is 0.237 e. The molecule has 4 rings (SSSR count). The van der Waals surface area contributed by atoms with Crippen molar-refractivity contribution in [1.29, 1.82) is 0 Å². The largest absolute Gasteiger partial charge is 0.467 e. The maximum atomic E-state index is 12.7. The summed E-state index contributed by atoms with van der Waals surface area (Å²) in [5.74, 6) is 2.16. The van der Waals surface area contributed by atoms with Crippen molar-refractivity contribution in [2.24, 2.45) is 5.92 Å². The van der Waals surface area contributed by atoms with Crippen molar-refractivity contribution < 1.29 is 9.21 Å². The van der Waals surface area contributed by atoms with Crippen molar-refractivity contribution in [1.82, 2.24) is 14.8 Å². The Bertz CT molecular complexity index is 1010. The van der Waals surface area contributed by atoms with Crippen molar-refractivity contribution in [3.63, 3.8) is 0 Å². The first-order chi connectivity index (χ1) is 15.0.